The average Bonchev–Trinajstić information content (AvgIpc) is 2.91. The lowest BCUT2D eigenvalue weighted by atomic mass is 10.0. The van der Waals surface area contributed by atoms with E-state index in [2.05, 4.69) is 39.7 Å². The summed E-state index contributed by atoms with van der Waals surface area (Å²) >= 11 is 0. The topological polar surface area (TPSA) is 57.3 Å². The van der Waals surface area contributed by atoms with Crippen molar-refractivity contribution in [3.8, 4) is 0 Å². The van der Waals surface area contributed by atoms with Gasteiger partial charge in [0.25, 0.3) is 0 Å². The SMILES string of the molecule is Cc1ccc(NC(=O)N[C@H]2CCN(C)[C@H]2c2ccccc2)c(C)n1. The number of likely N-dealkylation sites (tertiary alicyclic amines) is 1. The molecule has 1 aliphatic heterocycles. The van der Waals surface area contributed by atoms with E-state index >= 15 is 0 Å². The number of nitrogens with one attached hydrogen (secondary N) is 2. The highest BCUT2D eigenvalue weighted by Crippen LogP contribution is 2.30. The zero-order chi connectivity index (χ0) is 17.1. The number of carbonyl (C=O) groups is 1. The molecule has 0 unspecified atom stereocenters. The van der Waals surface area contributed by atoms with Crippen LogP contribution in [0, 0.1) is 13.8 Å². The molecule has 1 saturated heterocycles. The van der Waals surface area contributed by atoms with Crippen LogP contribution in [0.1, 0.15) is 29.4 Å². The molecule has 2 atom stereocenters. The zero-order valence-electron chi connectivity index (χ0n) is 14.4. The number of carbonyl (C=O) groups excluding carboxylic acids is 1. The number of hydrogen-bond acceptors (Lipinski definition) is 3. The molecular formula is C19H24N4O. The van der Waals surface area contributed by atoms with Gasteiger partial charge in [0.1, 0.15) is 0 Å². The van der Waals surface area contributed by atoms with E-state index in [0.717, 1.165) is 30.0 Å². The van der Waals surface area contributed by atoms with E-state index in [9.17, 15) is 4.79 Å². The van der Waals surface area contributed by atoms with Gasteiger partial charge in [0.05, 0.1) is 23.5 Å². The second-order valence-electron chi connectivity index (χ2n) is 6.42. The van der Waals surface area contributed by atoms with Gasteiger partial charge >= 0.3 is 6.03 Å². The number of amides is 2. The van der Waals surface area contributed by atoms with Crippen molar-refractivity contribution in [1.82, 2.24) is 15.2 Å². The van der Waals surface area contributed by atoms with Crippen LogP contribution in [0.2, 0.25) is 0 Å². The van der Waals surface area contributed by atoms with Gasteiger partial charge in [-0.3, -0.25) is 9.88 Å². The Hall–Kier alpha value is -2.40. The molecule has 0 bridgehead atoms. The van der Waals surface area contributed by atoms with Gasteiger partial charge in [-0.15, -0.1) is 0 Å². The Morgan fingerprint density at radius 2 is 1.92 bits per heavy atom. The van der Waals surface area contributed by atoms with Crippen LogP contribution in [0.5, 0.6) is 0 Å². The maximum atomic E-state index is 12.4. The molecule has 0 aliphatic carbocycles. The third-order valence-corrected chi connectivity index (χ3v) is 4.58. The van der Waals surface area contributed by atoms with Crippen molar-refractivity contribution in [3.63, 3.8) is 0 Å². The molecule has 5 nitrogen and oxygen atoms in total. The molecule has 0 saturated carbocycles. The largest absolute Gasteiger partial charge is 0.333 e. The highest BCUT2D eigenvalue weighted by Gasteiger charge is 2.33. The molecule has 24 heavy (non-hydrogen) atoms. The Kier molecular flexibility index (Phi) is 4.81. The number of anilines is 1. The number of pyridine rings is 1. The molecule has 2 heterocycles. The third-order valence-electron chi connectivity index (χ3n) is 4.58. The molecule has 2 amide bonds. The van der Waals surface area contributed by atoms with Crippen LogP contribution < -0.4 is 10.6 Å². The summed E-state index contributed by atoms with van der Waals surface area (Å²) in [5.74, 6) is 0. The molecule has 126 valence electrons. The lowest BCUT2D eigenvalue weighted by Crippen LogP contribution is -2.41. The van der Waals surface area contributed by atoms with E-state index in [1.54, 1.807) is 0 Å². The zero-order valence-corrected chi connectivity index (χ0v) is 14.4. The molecule has 1 aromatic carbocycles. The summed E-state index contributed by atoms with van der Waals surface area (Å²) < 4.78 is 0. The van der Waals surface area contributed by atoms with Crippen molar-refractivity contribution in [3.05, 3.63) is 59.4 Å². The number of urea groups is 1. The van der Waals surface area contributed by atoms with Gasteiger partial charge in [-0.25, -0.2) is 4.79 Å². The second kappa shape index (κ2) is 7.01. The van der Waals surface area contributed by atoms with Crippen molar-refractivity contribution in [2.75, 3.05) is 18.9 Å². The van der Waals surface area contributed by atoms with Gasteiger partial charge in [0.2, 0.25) is 0 Å². The number of nitrogens with zero attached hydrogens (tertiary/aromatic N) is 2. The Labute approximate surface area is 143 Å². The minimum absolute atomic E-state index is 0.0936. The van der Waals surface area contributed by atoms with Gasteiger partial charge in [-0.2, -0.15) is 0 Å². The van der Waals surface area contributed by atoms with E-state index in [1.165, 1.54) is 5.56 Å². The third kappa shape index (κ3) is 3.57. The van der Waals surface area contributed by atoms with Gasteiger partial charge in [0.15, 0.2) is 0 Å². The minimum atomic E-state index is -0.176. The Morgan fingerprint density at radius 3 is 2.62 bits per heavy atom. The lowest BCUT2D eigenvalue weighted by Gasteiger charge is -2.26. The van der Waals surface area contributed by atoms with Crippen molar-refractivity contribution >= 4 is 11.7 Å². The van der Waals surface area contributed by atoms with Crippen LogP contribution in [0.15, 0.2) is 42.5 Å². The predicted molar refractivity (Wildman–Crippen MR) is 96.1 cm³/mol. The number of aromatic nitrogens is 1. The Morgan fingerprint density at radius 1 is 1.17 bits per heavy atom. The fourth-order valence-electron chi connectivity index (χ4n) is 3.38. The van der Waals surface area contributed by atoms with E-state index in [4.69, 9.17) is 0 Å². The van der Waals surface area contributed by atoms with Gasteiger partial charge in [-0.05, 0) is 45.0 Å². The van der Waals surface area contributed by atoms with Crippen LogP contribution in [0.25, 0.3) is 0 Å². The molecule has 1 aliphatic rings. The fourth-order valence-corrected chi connectivity index (χ4v) is 3.38. The molecule has 0 radical (unpaired) electrons. The summed E-state index contributed by atoms with van der Waals surface area (Å²) in [5, 5.41) is 6.05. The quantitative estimate of drug-likeness (QED) is 0.911. The van der Waals surface area contributed by atoms with Crippen LogP contribution in [-0.2, 0) is 0 Å². The van der Waals surface area contributed by atoms with E-state index in [-0.39, 0.29) is 18.1 Å². The van der Waals surface area contributed by atoms with Crippen molar-refractivity contribution in [2.45, 2.75) is 32.4 Å². The Bertz CT molecular complexity index is 717. The summed E-state index contributed by atoms with van der Waals surface area (Å²) in [6.45, 7) is 4.81. The van der Waals surface area contributed by atoms with E-state index in [0.29, 0.717) is 0 Å². The molecule has 2 N–H and O–H groups in total. The van der Waals surface area contributed by atoms with Crippen molar-refractivity contribution in [2.24, 2.45) is 0 Å². The molecule has 0 spiro atoms. The fraction of sp³-hybridized carbons (Fsp3) is 0.368. The van der Waals surface area contributed by atoms with Crippen LogP contribution in [-0.4, -0.2) is 35.5 Å². The monoisotopic (exact) mass is 324 g/mol. The first-order valence-corrected chi connectivity index (χ1v) is 8.31. The van der Waals surface area contributed by atoms with Crippen LogP contribution >= 0.6 is 0 Å². The second-order valence-corrected chi connectivity index (χ2v) is 6.42. The van der Waals surface area contributed by atoms with Crippen molar-refractivity contribution in [1.29, 1.82) is 0 Å². The number of aryl methyl sites for hydroxylation is 2. The molecule has 2 aromatic rings. The molecular weight excluding hydrogens is 300 g/mol. The first kappa shape index (κ1) is 16.5. The summed E-state index contributed by atoms with van der Waals surface area (Å²) in [4.78, 5) is 19.1. The summed E-state index contributed by atoms with van der Waals surface area (Å²) in [6, 6.07) is 14.3. The van der Waals surface area contributed by atoms with E-state index < -0.39 is 0 Å². The van der Waals surface area contributed by atoms with Gasteiger partial charge in [0, 0.05) is 12.2 Å². The summed E-state index contributed by atoms with van der Waals surface area (Å²) in [7, 11) is 2.10. The highest BCUT2D eigenvalue weighted by molar-refractivity contribution is 5.90. The number of rotatable bonds is 3. The van der Waals surface area contributed by atoms with Crippen LogP contribution in [0.4, 0.5) is 10.5 Å². The maximum absolute atomic E-state index is 12.4. The number of hydrogen-bond donors (Lipinski definition) is 2. The molecule has 1 aromatic heterocycles. The van der Waals surface area contributed by atoms with Gasteiger partial charge < -0.3 is 10.6 Å². The molecule has 3 rings (SSSR count). The number of benzene rings is 1. The normalized spacial score (nSPS) is 20.8. The first-order valence-electron chi connectivity index (χ1n) is 8.31. The summed E-state index contributed by atoms with van der Waals surface area (Å²) in [6.07, 6.45) is 0.939. The minimum Gasteiger partial charge on any atom is -0.333 e. The average molecular weight is 324 g/mol. The molecule has 1 fully saturated rings. The number of likely N-dealkylation sites (N-methyl/N-ethyl adjacent to an activating group) is 1. The standard InChI is InChI=1S/C19H24N4O/c1-13-9-10-16(14(2)20-13)21-19(24)22-17-11-12-23(3)18(17)15-7-5-4-6-8-15/h4-10,17-18H,11-12H2,1-3H3,(H2,21,22,24)/t17-,18-/m0/s1. The van der Waals surface area contributed by atoms with Crippen molar-refractivity contribution < 1.29 is 4.79 Å². The molecule has 5 heteroatoms. The van der Waals surface area contributed by atoms with E-state index in [1.807, 2.05) is 44.2 Å². The highest BCUT2D eigenvalue weighted by atomic mass is 16.2. The lowest BCUT2D eigenvalue weighted by molar-refractivity contribution is 0.240. The maximum Gasteiger partial charge on any atom is 0.319 e. The Balaban J connectivity index is 1.69. The van der Waals surface area contributed by atoms with Crippen LogP contribution in [0.3, 0.4) is 0 Å². The smallest absolute Gasteiger partial charge is 0.319 e. The summed E-state index contributed by atoms with van der Waals surface area (Å²) in [5.41, 5.74) is 3.75. The first-order chi connectivity index (χ1) is 11.5. The van der Waals surface area contributed by atoms with Gasteiger partial charge in [-0.1, -0.05) is 30.3 Å². The predicted octanol–water partition coefficient (Wildman–Crippen LogP) is 3.27.